The molecule has 0 aromatic carbocycles. The van der Waals surface area contributed by atoms with E-state index in [9.17, 15) is 4.79 Å². The van der Waals surface area contributed by atoms with Crippen molar-refractivity contribution in [1.29, 1.82) is 0 Å². The summed E-state index contributed by atoms with van der Waals surface area (Å²) in [6.07, 6.45) is 2.36. The molecule has 0 aliphatic rings. The lowest BCUT2D eigenvalue weighted by Gasteiger charge is -2.12. The lowest BCUT2D eigenvalue weighted by Crippen LogP contribution is -2.22. The average Bonchev–Trinajstić information content (AvgIpc) is 1.99. The number of aliphatic imine (C=N–C) groups is 1. The highest BCUT2D eigenvalue weighted by atomic mass is 16.1. The van der Waals surface area contributed by atoms with E-state index >= 15 is 0 Å². The van der Waals surface area contributed by atoms with Crippen molar-refractivity contribution in [3.63, 3.8) is 0 Å². The lowest BCUT2D eigenvalue weighted by atomic mass is 9.99. The molecule has 0 heterocycles. The second-order valence-electron chi connectivity index (χ2n) is 4.37. The van der Waals surface area contributed by atoms with Gasteiger partial charge in [0, 0.05) is 19.7 Å². The Morgan fingerprint density at radius 2 is 2.08 bits per heavy atom. The number of amides is 1. The van der Waals surface area contributed by atoms with Gasteiger partial charge in [-0.15, -0.1) is 0 Å². The van der Waals surface area contributed by atoms with Crippen LogP contribution in [0.15, 0.2) is 4.99 Å². The van der Waals surface area contributed by atoms with Crippen LogP contribution in [-0.4, -0.2) is 25.2 Å². The molecule has 1 amide bonds. The van der Waals surface area contributed by atoms with Gasteiger partial charge in [0.25, 0.3) is 0 Å². The van der Waals surface area contributed by atoms with Crippen LogP contribution in [0.2, 0.25) is 0 Å². The first-order valence-electron chi connectivity index (χ1n) is 4.60. The van der Waals surface area contributed by atoms with Crippen LogP contribution < -0.4 is 5.32 Å². The fourth-order valence-corrected chi connectivity index (χ4v) is 0.774. The summed E-state index contributed by atoms with van der Waals surface area (Å²) in [6, 6.07) is 0.0687. The minimum atomic E-state index is 0.0403. The molecule has 0 fully saturated rings. The molecule has 1 atom stereocenters. The molecule has 0 unspecified atom stereocenters. The zero-order valence-electron chi connectivity index (χ0n) is 9.22. The van der Waals surface area contributed by atoms with Gasteiger partial charge in [-0.25, -0.2) is 0 Å². The van der Waals surface area contributed by atoms with Crippen molar-refractivity contribution in [3.8, 4) is 0 Å². The quantitative estimate of drug-likeness (QED) is 0.665. The minimum Gasteiger partial charge on any atom is -0.359 e. The molecule has 0 saturated carbocycles. The molecule has 3 nitrogen and oxygen atoms in total. The molecule has 0 saturated heterocycles. The number of rotatable bonds is 3. The van der Waals surface area contributed by atoms with E-state index in [1.54, 1.807) is 7.05 Å². The van der Waals surface area contributed by atoms with Crippen LogP contribution >= 0.6 is 0 Å². The van der Waals surface area contributed by atoms with E-state index in [0.29, 0.717) is 6.42 Å². The summed E-state index contributed by atoms with van der Waals surface area (Å²) in [5, 5.41) is 2.58. The van der Waals surface area contributed by atoms with Gasteiger partial charge >= 0.3 is 0 Å². The highest BCUT2D eigenvalue weighted by Crippen LogP contribution is 2.09. The van der Waals surface area contributed by atoms with Crippen LogP contribution in [0, 0.1) is 5.41 Å². The Bertz CT molecular complexity index is 192. The first-order chi connectivity index (χ1) is 5.85. The zero-order valence-corrected chi connectivity index (χ0v) is 9.22. The highest BCUT2D eigenvalue weighted by Gasteiger charge is 2.08. The van der Waals surface area contributed by atoms with Gasteiger partial charge in [-0.05, 0) is 12.3 Å². The molecule has 1 N–H and O–H groups in total. The molecule has 76 valence electrons. The Morgan fingerprint density at radius 3 is 2.46 bits per heavy atom. The number of carbonyl (C=O) groups is 1. The molecule has 3 heteroatoms. The molecule has 0 rings (SSSR count). The van der Waals surface area contributed by atoms with Crippen molar-refractivity contribution in [1.82, 2.24) is 5.32 Å². The Morgan fingerprint density at radius 1 is 1.54 bits per heavy atom. The third-order valence-electron chi connectivity index (χ3n) is 1.48. The third kappa shape index (κ3) is 7.50. The summed E-state index contributed by atoms with van der Waals surface area (Å²) in [6.45, 7) is 8.20. The van der Waals surface area contributed by atoms with Gasteiger partial charge < -0.3 is 5.32 Å². The maximum atomic E-state index is 11.0. The SMILES string of the molecule is CNC(=O)C[C@@H](C)N=CC(C)(C)C. The normalized spacial score (nSPS) is 14.5. The van der Waals surface area contributed by atoms with Gasteiger partial charge in [0.2, 0.25) is 5.91 Å². The van der Waals surface area contributed by atoms with Crippen LogP contribution in [0.4, 0.5) is 0 Å². The van der Waals surface area contributed by atoms with Crippen LogP contribution in [0.1, 0.15) is 34.1 Å². The summed E-state index contributed by atoms with van der Waals surface area (Å²) in [4.78, 5) is 15.3. The third-order valence-corrected chi connectivity index (χ3v) is 1.48. The molecule has 0 aromatic heterocycles. The van der Waals surface area contributed by atoms with E-state index in [1.807, 2.05) is 13.1 Å². The molecular weight excluding hydrogens is 164 g/mol. The first-order valence-corrected chi connectivity index (χ1v) is 4.60. The summed E-state index contributed by atoms with van der Waals surface area (Å²) in [7, 11) is 1.64. The number of hydrogen-bond donors (Lipinski definition) is 1. The highest BCUT2D eigenvalue weighted by molar-refractivity contribution is 5.76. The van der Waals surface area contributed by atoms with Crippen LogP contribution in [0.5, 0.6) is 0 Å². The topological polar surface area (TPSA) is 41.5 Å². The van der Waals surface area contributed by atoms with Gasteiger partial charge in [0.05, 0.1) is 6.04 Å². The van der Waals surface area contributed by atoms with Crippen molar-refractivity contribution in [2.24, 2.45) is 10.4 Å². The second kappa shape index (κ2) is 5.00. The Balaban J connectivity index is 3.94. The Labute approximate surface area is 80.6 Å². The summed E-state index contributed by atoms with van der Waals surface area (Å²) in [5.74, 6) is 0.0403. The average molecular weight is 184 g/mol. The molecule has 0 aromatic rings. The maximum absolute atomic E-state index is 11.0. The maximum Gasteiger partial charge on any atom is 0.221 e. The van der Waals surface area contributed by atoms with Crippen molar-refractivity contribution in [2.75, 3.05) is 7.05 Å². The summed E-state index contributed by atoms with van der Waals surface area (Å²) in [5.41, 5.74) is 0.0942. The Kier molecular flexibility index (Phi) is 4.67. The van der Waals surface area contributed by atoms with Gasteiger partial charge in [0.15, 0.2) is 0 Å². The number of nitrogens with one attached hydrogen (secondary N) is 1. The largest absolute Gasteiger partial charge is 0.359 e. The molecule has 13 heavy (non-hydrogen) atoms. The predicted molar refractivity (Wildman–Crippen MR) is 56.1 cm³/mol. The van der Waals surface area contributed by atoms with Gasteiger partial charge in [-0.3, -0.25) is 9.79 Å². The van der Waals surface area contributed by atoms with Crippen molar-refractivity contribution >= 4 is 12.1 Å². The van der Waals surface area contributed by atoms with Crippen molar-refractivity contribution in [2.45, 2.75) is 40.2 Å². The van der Waals surface area contributed by atoms with Crippen molar-refractivity contribution < 1.29 is 4.79 Å². The number of carbonyl (C=O) groups excluding carboxylic acids is 1. The molecular formula is C10H20N2O. The fourth-order valence-electron chi connectivity index (χ4n) is 0.774. The minimum absolute atomic E-state index is 0.0403. The first kappa shape index (κ1) is 12.1. The number of nitrogens with zero attached hydrogens (tertiary/aromatic N) is 1. The van der Waals surface area contributed by atoms with Crippen LogP contribution in [-0.2, 0) is 4.79 Å². The molecule has 0 aliphatic carbocycles. The van der Waals surface area contributed by atoms with Crippen LogP contribution in [0.3, 0.4) is 0 Å². The summed E-state index contributed by atoms with van der Waals surface area (Å²) >= 11 is 0. The monoisotopic (exact) mass is 184 g/mol. The van der Waals surface area contributed by atoms with E-state index in [0.717, 1.165) is 0 Å². The van der Waals surface area contributed by atoms with Gasteiger partial charge in [-0.1, -0.05) is 20.8 Å². The van der Waals surface area contributed by atoms with E-state index in [4.69, 9.17) is 0 Å². The molecule has 0 radical (unpaired) electrons. The smallest absolute Gasteiger partial charge is 0.221 e. The van der Waals surface area contributed by atoms with Gasteiger partial charge in [0.1, 0.15) is 0 Å². The van der Waals surface area contributed by atoms with E-state index in [1.165, 1.54) is 0 Å². The van der Waals surface area contributed by atoms with Crippen molar-refractivity contribution in [3.05, 3.63) is 0 Å². The molecule has 0 aliphatic heterocycles. The second-order valence-corrected chi connectivity index (χ2v) is 4.37. The van der Waals surface area contributed by atoms with Crippen LogP contribution in [0.25, 0.3) is 0 Å². The van der Waals surface area contributed by atoms with E-state index in [-0.39, 0.29) is 17.4 Å². The van der Waals surface area contributed by atoms with E-state index in [2.05, 4.69) is 31.1 Å². The number of hydrogen-bond acceptors (Lipinski definition) is 2. The molecule has 0 spiro atoms. The Hall–Kier alpha value is -0.860. The standard InChI is InChI=1S/C10H20N2O/c1-8(6-9(13)11-5)12-7-10(2,3)4/h7-8H,6H2,1-5H3,(H,11,13)/t8-/m1/s1. The summed E-state index contributed by atoms with van der Waals surface area (Å²) < 4.78 is 0. The van der Waals surface area contributed by atoms with E-state index < -0.39 is 0 Å². The molecule has 0 bridgehead atoms. The zero-order chi connectivity index (χ0) is 10.5. The van der Waals surface area contributed by atoms with Gasteiger partial charge in [-0.2, -0.15) is 0 Å². The lowest BCUT2D eigenvalue weighted by molar-refractivity contribution is -0.120. The predicted octanol–water partition coefficient (Wildman–Crippen LogP) is 1.63. The fraction of sp³-hybridized carbons (Fsp3) is 0.800.